The zero-order valence-corrected chi connectivity index (χ0v) is 16.4. The maximum Gasteiger partial charge on any atom is 0.320 e. The van der Waals surface area contributed by atoms with E-state index in [-0.39, 0.29) is 0 Å². The lowest BCUT2D eigenvalue weighted by Crippen LogP contribution is -2.37. The van der Waals surface area contributed by atoms with Crippen LogP contribution in [0.15, 0.2) is 36.4 Å². The molecule has 1 N–H and O–H groups in total. The predicted octanol–water partition coefficient (Wildman–Crippen LogP) is 4.49. The number of rotatable bonds is 8. The summed E-state index contributed by atoms with van der Waals surface area (Å²) < 4.78 is 6.05. The van der Waals surface area contributed by atoms with E-state index in [4.69, 9.17) is 4.74 Å². The summed E-state index contributed by atoms with van der Waals surface area (Å²) in [4.78, 5) is 13.2. The first-order valence-corrected chi connectivity index (χ1v) is 9.03. The van der Waals surface area contributed by atoms with E-state index in [9.17, 15) is 9.90 Å². The largest absolute Gasteiger partial charge is 0.488 e. The standard InChI is InChI=1S/C22H29NO3/c1-6-20(22(24)25)23(5)13-19-11-16(3)21(17(4)12-19)26-14-18-9-7-15(2)8-10-18/h7-12,20H,6,13-14H2,1-5H3,(H,24,25). The van der Waals surface area contributed by atoms with Crippen molar-refractivity contribution in [2.75, 3.05) is 7.05 Å². The second-order valence-corrected chi connectivity index (χ2v) is 7.01. The summed E-state index contributed by atoms with van der Waals surface area (Å²) in [7, 11) is 1.86. The summed E-state index contributed by atoms with van der Waals surface area (Å²) in [5, 5.41) is 9.31. The first kappa shape index (κ1) is 20.0. The second kappa shape index (κ2) is 8.86. The number of carbonyl (C=O) groups is 1. The van der Waals surface area contributed by atoms with Gasteiger partial charge in [-0.2, -0.15) is 0 Å². The van der Waals surface area contributed by atoms with Gasteiger partial charge in [0.15, 0.2) is 0 Å². The minimum Gasteiger partial charge on any atom is -0.488 e. The molecule has 2 aromatic rings. The van der Waals surface area contributed by atoms with Gasteiger partial charge in [-0.05, 0) is 56.5 Å². The van der Waals surface area contributed by atoms with Gasteiger partial charge in [-0.25, -0.2) is 0 Å². The molecule has 26 heavy (non-hydrogen) atoms. The molecule has 0 amide bonds. The Morgan fingerprint density at radius 1 is 1.08 bits per heavy atom. The van der Waals surface area contributed by atoms with Gasteiger partial charge in [0.05, 0.1) is 0 Å². The fraction of sp³-hybridized carbons (Fsp3) is 0.409. The van der Waals surface area contributed by atoms with Crippen LogP contribution in [0.4, 0.5) is 0 Å². The number of aryl methyl sites for hydroxylation is 3. The molecular weight excluding hydrogens is 326 g/mol. The average Bonchev–Trinajstić information content (AvgIpc) is 2.56. The van der Waals surface area contributed by atoms with E-state index in [1.54, 1.807) is 0 Å². The maximum atomic E-state index is 11.3. The summed E-state index contributed by atoms with van der Waals surface area (Å²) in [5.74, 6) is 0.128. The van der Waals surface area contributed by atoms with Gasteiger partial charge in [0.25, 0.3) is 0 Å². The van der Waals surface area contributed by atoms with E-state index in [1.807, 2.05) is 32.7 Å². The van der Waals surface area contributed by atoms with Gasteiger partial charge in [0.2, 0.25) is 0 Å². The van der Waals surface area contributed by atoms with Crippen molar-refractivity contribution in [1.82, 2.24) is 4.90 Å². The van der Waals surface area contributed by atoms with Crippen LogP contribution in [0.1, 0.15) is 41.2 Å². The molecule has 1 atom stereocenters. The fourth-order valence-electron chi connectivity index (χ4n) is 3.27. The van der Waals surface area contributed by atoms with E-state index < -0.39 is 12.0 Å². The molecule has 0 fully saturated rings. The molecule has 0 aliphatic carbocycles. The van der Waals surface area contributed by atoms with Crippen LogP contribution >= 0.6 is 0 Å². The minimum atomic E-state index is -0.776. The number of hydrogen-bond donors (Lipinski definition) is 1. The SMILES string of the molecule is CCC(C(=O)O)N(C)Cc1cc(C)c(OCc2ccc(C)cc2)c(C)c1. The van der Waals surface area contributed by atoms with Gasteiger partial charge in [0.1, 0.15) is 18.4 Å². The first-order chi connectivity index (χ1) is 12.3. The third-order valence-electron chi connectivity index (χ3n) is 4.66. The van der Waals surface area contributed by atoms with Crippen molar-refractivity contribution in [3.8, 4) is 5.75 Å². The van der Waals surface area contributed by atoms with Gasteiger partial charge >= 0.3 is 5.97 Å². The fourth-order valence-corrected chi connectivity index (χ4v) is 3.27. The van der Waals surface area contributed by atoms with Crippen molar-refractivity contribution < 1.29 is 14.6 Å². The van der Waals surface area contributed by atoms with Gasteiger partial charge in [-0.3, -0.25) is 9.69 Å². The molecule has 2 rings (SSSR count). The van der Waals surface area contributed by atoms with E-state index in [0.29, 0.717) is 19.6 Å². The molecule has 4 nitrogen and oxygen atoms in total. The molecule has 0 aromatic heterocycles. The number of carboxylic acids is 1. The number of hydrogen-bond acceptors (Lipinski definition) is 3. The quantitative estimate of drug-likeness (QED) is 0.758. The van der Waals surface area contributed by atoms with Crippen LogP contribution in [0, 0.1) is 20.8 Å². The monoisotopic (exact) mass is 355 g/mol. The summed E-state index contributed by atoms with van der Waals surface area (Å²) in [6, 6.07) is 12.0. The van der Waals surface area contributed by atoms with Crippen molar-refractivity contribution >= 4 is 5.97 Å². The van der Waals surface area contributed by atoms with Crippen molar-refractivity contribution in [1.29, 1.82) is 0 Å². The van der Waals surface area contributed by atoms with Gasteiger partial charge in [-0.1, -0.05) is 48.9 Å². The number of benzene rings is 2. The first-order valence-electron chi connectivity index (χ1n) is 9.03. The lowest BCUT2D eigenvalue weighted by atomic mass is 10.0. The van der Waals surface area contributed by atoms with Crippen molar-refractivity contribution in [2.45, 2.75) is 53.3 Å². The molecule has 0 aliphatic heterocycles. The van der Waals surface area contributed by atoms with E-state index in [0.717, 1.165) is 28.0 Å². The molecule has 0 heterocycles. The molecule has 0 bridgehead atoms. The highest BCUT2D eigenvalue weighted by Gasteiger charge is 2.20. The van der Waals surface area contributed by atoms with Crippen LogP contribution in [0.3, 0.4) is 0 Å². The Kier molecular flexibility index (Phi) is 6.81. The van der Waals surface area contributed by atoms with Crippen LogP contribution in [-0.4, -0.2) is 29.1 Å². The van der Waals surface area contributed by atoms with E-state index in [1.165, 1.54) is 5.56 Å². The molecule has 0 saturated heterocycles. The Morgan fingerprint density at radius 3 is 2.15 bits per heavy atom. The topological polar surface area (TPSA) is 49.8 Å². The Hall–Kier alpha value is -2.33. The van der Waals surface area contributed by atoms with Crippen molar-refractivity contribution in [3.63, 3.8) is 0 Å². The molecule has 0 radical (unpaired) electrons. The number of ether oxygens (including phenoxy) is 1. The van der Waals surface area contributed by atoms with Crippen LogP contribution in [0.2, 0.25) is 0 Å². The highest BCUT2D eigenvalue weighted by Crippen LogP contribution is 2.26. The summed E-state index contributed by atoms with van der Waals surface area (Å²) in [6.07, 6.45) is 0.585. The molecule has 2 aromatic carbocycles. The van der Waals surface area contributed by atoms with Crippen molar-refractivity contribution in [3.05, 3.63) is 64.2 Å². The zero-order chi connectivity index (χ0) is 19.3. The highest BCUT2D eigenvalue weighted by molar-refractivity contribution is 5.73. The Morgan fingerprint density at radius 2 is 1.65 bits per heavy atom. The zero-order valence-electron chi connectivity index (χ0n) is 16.4. The molecule has 1 unspecified atom stereocenters. The van der Waals surface area contributed by atoms with Gasteiger partial charge < -0.3 is 9.84 Å². The average molecular weight is 355 g/mol. The van der Waals surface area contributed by atoms with Crippen LogP contribution in [0.25, 0.3) is 0 Å². The highest BCUT2D eigenvalue weighted by atomic mass is 16.5. The minimum absolute atomic E-state index is 0.465. The Balaban J connectivity index is 2.09. The molecule has 0 saturated carbocycles. The lowest BCUT2D eigenvalue weighted by Gasteiger charge is -2.24. The third kappa shape index (κ3) is 5.09. The third-order valence-corrected chi connectivity index (χ3v) is 4.66. The maximum absolute atomic E-state index is 11.3. The lowest BCUT2D eigenvalue weighted by molar-refractivity contribution is -0.143. The molecule has 0 aliphatic rings. The Bertz CT molecular complexity index is 729. The number of nitrogens with zero attached hydrogens (tertiary/aromatic N) is 1. The van der Waals surface area contributed by atoms with E-state index >= 15 is 0 Å². The second-order valence-electron chi connectivity index (χ2n) is 7.01. The van der Waals surface area contributed by atoms with Crippen LogP contribution in [0.5, 0.6) is 5.75 Å². The normalized spacial score (nSPS) is 12.2. The molecule has 140 valence electrons. The van der Waals surface area contributed by atoms with Crippen molar-refractivity contribution in [2.24, 2.45) is 0 Å². The van der Waals surface area contributed by atoms with Crippen LogP contribution in [-0.2, 0) is 17.9 Å². The predicted molar refractivity (Wildman–Crippen MR) is 105 cm³/mol. The number of aliphatic carboxylic acids is 1. The van der Waals surface area contributed by atoms with Crippen LogP contribution < -0.4 is 4.74 Å². The smallest absolute Gasteiger partial charge is 0.320 e. The molecule has 0 spiro atoms. The van der Waals surface area contributed by atoms with Gasteiger partial charge in [0, 0.05) is 6.54 Å². The summed E-state index contributed by atoms with van der Waals surface area (Å²) in [6.45, 7) is 9.18. The number of likely N-dealkylation sites (N-methyl/N-ethyl adjacent to an activating group) is 1. The van der Waals surface area contributed by atoms with E-state index in [2.05, 4.69) is 43.3 Å². The summed E-state index contributed by atoms with van der Waals surface area (Å²) in [5.41, 5.74) is 5.63. The van der Waals surface area contributed by atoms with Gasteiger partial charge in [-0.15, -0.1) is 0 Å². The summed E-state index contributed by atoms with van der Waals surface area (Å²) >= 11 is 0. The molecule has 4 heteroatoms. The number of carboxylic acid groups (broad SMARTS) is 1. The molecular formula is C22H29NO3. The Labute approximate surface area is 156 Å².